The summed E-state index contributed by atoms with van der Waals surface area (Å²) in [5, 5.41) is 9.14. The Kier molecular flexibility index (Phi) is 2.75. The minimum atomic E-state index is -0.288. The van der Waals surface area contributed by atoms with Crippen molar-refractivity contribution in [2.45, 2.75) is 45.1 Å². The standard InChI is InChI=1S/C15H20N2/c1-14(2,3)12-6-4-11(5-7-12)13(17)15(10-16)8-9-15/h4-7,13H,8-9,17H2,1-3H3. The molecule has 0 spiro atoms. The molecule has 90 valence electrons. The Morgan fingerprint density at radius 2 is 1.76 bits per heavy atom. The Morgan fingerprint density at radius 3 is 2.12 bits per heavy atom. The van der Waals surface area contributed by atoms with E-state index < -0.39 is 0 Å². The third-order valence-electron chi connectivity index (χ3n) is 3.74. The van der Waals surface area contributed by atoms with Crippen LogP contribution >= 0.6 is 0 Å². The number of nitrogens with zero attached hydrogens (tertiary/aromatic N) is 1. The van der Waals surface area contributed by atoms with Crippen molar-refractivity contribution in [3.8, 4) is 6.07 Å². The van der Waals surface area contributed by atoms with Crippen LogP contribution in [0.3, 0.4) is 0 Å². The first kappa shape index (κ1) is 12.1. The molecule has 0 heterocycles. The lowest BCUT2D eigenvalue weighted by molar-refractivity contribution is 0.518. The van der Waals surface area contributed by atoms with Crippen molar-refractivity contribution in [2.75, 3.05) is 0 Å². The van der Waals surface area contributed by atoms with Gasteiger partial charge in [-0.25, -0.2) is 0 Å². The number of rotatable bonds is 2. The van der Waals surface area contributed by atoms with Crippen LogP contribution in [-0.4, -0.2) is 0 Å². The highest BCUT2D eigenvalue weighted by atomic mass is 14.7. The van der Waals surface area contributed by atoms with E-state index in [0.29, 0.717) is 0 Å². The van der Waals surface area contributed by atoms with Gasteiger partial charge < -0.3 is 5.73 Å². The second-order valence-corrected chi connectivity index (χ2v) is 6.12. The fraction of sp³-hybridized carbons (Fsp3) is 0.533. The molecule has 0 amide bonds. The van der Waals surface area contributed by atoms with Crippen LogP contribution in [0.1, 0.15) is 50.8 Å². The van der Waals surface area contributed by atoms with Crippen molar-refractivity contribution in [3.05, 3.63) is 35.4 Å². The lowest BCUT2D eigenvalue weighted by Crippen LogP contribution is -2.21. The monoisotopic (exact) mass is 228 g/mol. The third kappa shape index (κ3) is 2.21. The highest BCUT2D eigenvalue weighted by Crippen LogP contribution is 2.53. The molecule has 17 heavy (non-hydrogen) atoms. The molecule has 1 aromatic rings. The lowest BCUT2D eigenvalue weighted by atomic mass is 9.85. The third-order valence-corrected chi connectivity index (χ3v) is 3.74. The topological polar surface area (TPSA) is 49.8 Å². The zero-order chi connectivity index (χ0) is 12.7. The van der Waals surface area contributed by atoms with E-state index in [0.717, 1.165) is 18.4 Å². The molecule has 0 aliphatic heterocycles. The minimum absolute atomic E-state index is 0.137. The summed E-state index contributed by atoms with van der Waals surface area (Å²) in [5.41, 5.74) is 8.44. The predicted molar refractivity (Wildman–Crippen MR) is 69.4 cm³/mol. The van der Waals surface area contributed by atoms with Gasteiger partial charge in [0.2, 0.25) is 0 Å². The molecular formula is C15H20N2. The average Bonchev–Trinajstić information content (AvgIpc) is 3.08. The Balaban J connectivity index is 2.22. The van der Waals surface area contributed by atoms with Crippen LogP contribution in [0, 0.1) is 16.7 Å². The van der Waals surface area contributed by atoms with Crippen LogP contribution in [0.25, 0.3) is 0 Å². The summed E-state index contributed by atoms with van der Waals surface area (Å²) in [4.78, 5) is 0. The van der Waals surface area contributed by atoms with E-state index in [4.69, 9.17) is 11.0 Å². The van der Waals surface area contributed by atoms with Crippen LogP contribution in [0.4, 0.5) is 0 Å². The average molecular weight is 228 g/mol. The van der Waals surface area contributed by atoms with Gasteiger partial charge in [0.25, 0.3) is 0 Å². The first-order chi connectivity index (χ1) is 7.89. The van der Waals surface area contributed by atoms with Crippen molar-refractivity contribution in [1.29, 1.82) is 5.26 Å². The minimum Gasteiger partial charge on any atom is -0.323 e. The molecule has 1 fully saturated rings. The van der Waals surface area contributed by atoms with Gasteiger partial charge in [0, 0.05) is 6.04 Å². The Hall–Kier alpha value is -1.33. The van der Waals surface area contributed by atoms with E-state index in [1.807, 2.05) is 0 Å². The highest BCUT2D eigenvalue weighted by Gasteiger charge is 2.49. The molecule has 0 aromatic heterocycles. The van der Waals surface area contributed by atoms with Gasteiger partial charge in [-0.2, -0.15) is 5.26 Å². The number of hydrogen-bond acceptors (Lipinski definition) is 2. The van der Waals surface area contributed by atoms with Gasteiger partial charge in [0.15, 0.2) is 0 Å². The van der Waals surface area contributed by atoms with Crippen LogP contribution in [0.2, 0.25) is 0 Å². The summed E-state index contributed by atoms with van der Waals surface area (Å²) >= 11 is 0. The maximum absolute atomic E-state index is 9.14. The molecular weight excluding hydrogens is 208 g/mol. The van der Waals surface area contributed by atoms with Gasteiger partial charge in [-0.15, -0.1) is 0 Å². The molecule has 1 atom stereocenters. The maximum Gasteiger partial charge on any atom is 0.0767 e. The Labute approximate surface area is 103 Å². The first-order valence-corrected chi connectivity index (χ1v) is 6.16. The molecule has 1 aliphatic rings. The van der Waals surface area contributed by atoms with E-state index in [9.17, 15) is 0 Å². The molecule has 2 nitrogen and oxygen atoms in total. The van der Waals surface area contributed by atoms with Crippen molar-refractivity contribution >= 4 is 0 Å². The molecule has 0 bridgehead atoms. The molecule has 2 rings (SSSR count). The smallest absolute Gasteiger partial charge is 0.0767 e. The second kappa shape index (κ2) is 3.85. The highest BCUT2D eigenvalue weighted by molar-refractivity contribution is 5.33. The molecule has 2 heteroatoms. The number of benzene rings is 1. The maximum atomic E-state index is 9.14. The van der Waals surface area contributed by atoms with Gasteiger partial charge in [0.05, 0.1) is 11.5 Å². The van der Waals surface area contributed by atoms with Crippen LogP contribution in [0.5, 0.6) is 0 Å². The summed E-state index contributed by atoms with van der Waals surface area (Å²) in [6.07, 6.45) is 1.87. The van der Waals surface area contributed by atoms with E-state index in [1.54, 1.807) is 0 Å². The van der Waals surface area contributed by atoms with Gasteiger partial charge in [-0.3, -0.25) is 0 Å². The fourth-order valence-electron chi connectivity index (χ4n) is 2.14. The summed E-state index contributed by atoms with van der Waals surface area (Å²) in [7, 11) is 0. The van der Waals surface area contributed by atoms with E-state index in [2.05, 4.69) is 51.1 Å². The van der Waals surface area contributed by atoms with Gasteiger partial charge in [0.1, 0.15) is 0 Å². The molecule has 0 saturated heterocycles. The molecule has 1 unspecified atom stereocenters. The summed E-state index contributed by atoms with van der Waals surface area (Å²) in [6, 6.07) is 10.6. The number of hydrogen-bond donors (Lipinski definition) is 1. The van der Waals surface area contributed by atoms with Crippen molar-refractivity contribution in [3.63, 3.8) is 0 Å². The summed E-state index contributed by atoms with van der Waals surface area (Å²) < 4.78 is 0. The Morgan fingerprint density at radius 1 is 1.24 bits per heavy atom. The van der Waals surface area contributed by atoms with Gasteiger partial charge in [-0.05, 0) is 29.4 Å². The van der Waals surface area contributed by atoms with Gasteiger partial charge in [-0.1, -0.05) is 45.0 Å². The second-order valence-electron chi connectivity index (χ2n) is 6.12. The first-order valence-electron chi connectivity index (χ1n) is 6.16. The quantitative estimate of drug-likeness (QED) is 0.844. The van der Waals surface area contributed by atoms with E-state index in [-0.39, 0.29) is 16.9 Å². The zero-order valence-electron chi connectivity index (χ0n) is 10.8. The van der Waals surface area contributed by atoms with Crippen molar-refractivity contribution < 1.29 is 0 Å². The molecule has 1 saturated carbocycles. The van der Waals surface area contributed by atoms with E-state index >= 15 is 0 Å². The number of nitriles is 1. The Bertz CT molecular complexity index is 441. The van der Waals surface area contributed by atoms with Crippen LogP contribution in [-0.2, 0) is 5.41 Å². The normalized spacial score (nSPS) is 19.5. The SMILES string of the molecule is CC(C)(C)c1ccc(C(N)C2(C#N)CC2)cc1. The fourth-order valence-corrected chi connectivity index (χ4v) is 2.14. The lowest BCUT2D eigenvalue weighted by Gasteiger charge is -2.21. The number of nitrogens with two attached hydrogens (primary N) is 1. The molecule has 2 N–H and O–H groups in total. The largest absolute Gasteiger partial charge is 0.323 e. The summed E-state index contributed by atoms with van der Waals surface area (Å²) in [5.74, 6) is 0. The predicted octanol–water partition coefficient (Wildman–Crippen LogP) is 3.29. The van der Waals surface area contributed by atoms with E-state index in [1.165, 1.54) is 5.56 Å². The van der Waals surface area contributed by atoms with Crippen LogP contribution < -0.4 is 5.73 Å². The molecule has 1 aromatic carbocycles. The zero-order valence-corrected chi connectivity index (χ0v) is 10.8. The summed E-state index contributed by atoms with van der Waals surface area (Å²) in [6.45, 7) is 6.58. The van der Waals surface area contributed by atoms with Crippen molar-refractivity contribution in [1.82, 2.24) is 0 Å². The molecule has 1 aliphatic carbocycles. The molecule has 0 radical (unpaired) electrons. The van der Waals surface area contributed by atoms with Gasteiger partial charge >= 0.3 is 0 Å². The van der Waals surface area contributed by atoms with Crippen molar-refractivity contribution in [2.24, 2.45) is 11.1 Å². The van der Waals surface area contributed by atoms with Crippen LogP contribution in [0.15, 0.2) is 24.3 Å².